The van der Waals surface area contributed by atoms with E-state index < -0.39 is 0 Å². The summed E-state index contributed by atoms with van der Waals surface area (Å²) in [4.78, 5) is 20.4. The first-order valence-corrected chi connectivity index (χ1v) is 7.74. The second-order valence-corrected chi connectivity index (χ2v) is 6.14. The van der Waals surface area contributed by atoms with E-state index in [9.17, 15) is 4.79 Å². The number of hydrogen-bond acceptors (Lipinski definition) is 3. The average molecular weight is 294 g/mol. The van der Waals surface area contributed by atoms with Crippen LogP contribution in [0.4, 0.5) is 5.69 Å². The van der Waals surface area contributed by atoms with Crippen molar-refractivity contribution in [1.29, 1.82) is 0 Å². The van der Waals surface area contributed by atoms with E-state index in [-0.39, 0.29) is 5.91 Å². The lowest BCUT2D eigenvalue weighted by atomic mass is 10.1. The summed E-state index contributed by atoms with van der Waals surface area (Å²) in [6.45, 7) is 3.09. The Kier molecular flexibility index (Phi) is 4.10. The molecule has 0 bridgehead atoms. The highest BCUT2D eigenvalue weighted by Crippen LogP contribution is 2.26. The molecule has 1 aromatic rings. The smallest absolute Gasteiger partial charge is 0.242 e. The van der Waals surface area contributed by atoms with Crippen LogP contribution in [0.15, 0.2) is 18.3 Å². The Labute approximate surface area is 124 Å². The number of halogens is 1. The number of hydrogen-bond donors (Lipinski definition) is 0. The molecule has 1 amide bonds. The zero-order valence-electron chi connectivity index (χ0n) is 11.6. The minimum absolute atomic E-state index is 0.232. The third-order valence-corrected chi connectivity index (χ3v) is 4.55. The molecular weight excluding hydrogens is 274 g/mol. The van der Waals surface area contributed by atoms with Gasteiger partial charge in [-0.05, 0) is 30.9 Å². The highest BCUT2D eigenvalue weighted by Gasteiger charge is 2.27. The molecule has 1 aromatic heterocycles. The Morgan fingerprint density at radius 3 is 2.80 bits per heavy atom. The zero-order chi connectivity index (χ0) is 13.9. The molecule has 1 saturated carbocycles. The van der Waals surface area contributed by atoms with Crippen LogP contribution in [0.2, 0.25) is 5.15 Å². The lowest BCUT2D eigenvalue weighted by Crippen LogP contribution is -2.51. The number of aromatic nitrogens is 1. The normalized spacial score (nSPS) is 20.8. The van der Waals surface area contributed by atoms with Crippen LogP contribution in [0.1, 0.15) is 25.7 Å². The third-order valence-electron chi connectivity index (χ3n) is 4.35. The summed E-state index contributed by atoms with van der Waals surface area (Å²) in [6.07, 6.45) is 6.91. The largest absolute Gasteiger partial charge is 0.360 e. The Morgan fingerprint density at radius 1 is 1.30 bits per heavy atom. The van der Waals surface area contributed by atoms with E-state index in [0.717, 1.165) is 31.2 Å². The van der Waals surface area contributed by atoms with Crippen molar-refractivity contribution in [3.8, 4) is 0 Å². The Hall–Kier alpha value is -1.29. The maximum atomic E-state index is 12.3. The summed E-state index contributed by atoms with van der Waals surface area (Å²) < 4.78 is 0. The molecule has 0 aromatic carbocycles. The number of anilines is 1. The Balaban J connectivity index is 1.60. The Morgan fingerprint density at radius 2 is 2.10 bits per heavy atom. The molecule has 1 saturated heterocycles. The summed E-state index contributed by atoms with van der Waals surface area (Å²) in [5.74, 6) is 0.956. The number of piperazine rings is 1. The van der Waals surface area contributed by atoms with Crippen molar-refractivity contribution in [3.05, 3.63) is 23.5 Å². The summed E-state index contributed by atoms with van der Waals surface area (Å²) in [7, 11) is 0. The molecule has 108 valence electrons. The number of carbonyl (C=O) groups is 1. The fraction of sp³-hybridized carbons (Fsp3) is 0.600. The molecule has 0 N–H and O–H groups in total. The van der Waals surface area contributed by atoms with Gasteiger partial charge in [0, 0.05) is 31.5 Å². The van der Waals surface area contributed by atoms with Crippen LogP contribution in [-0.4, -0.2) is 42.0 Å². The predicted molar refractivity (Wildman–Crippen MR) is 80.0 cm³/mol. The molecule has 1 aliphatic heterocycles. The van der Waals surface area contributed by atoms with E-state index in [1.54, 1.807) is 6.20 Å². The van der Waals surface area contributed by atoms with Gasteiger partial charge in [-0.1, -0.05) is 24.4 Å². The quantitative estimate of drug-likeness (QED) is 0.804. The maximum Gasteiger partial charge on any atom is 0.242 e. The first-order chi connectivity index (χ1) is 9.72. The lowest BCUT2D eigenvalue weighted by Gasteiger charge is -2.36. The minimum atomic E-state index is 0.232. The van der Waals surface area contributed by atoms with Crippen LogP contribution < -0.4 is 4.90 Å². The van der Waals surface area contributed by atoms with Crippen molar-refractivity contribution in [3.63, 3.8) is 0 Å². The van der Waals surface area contributed by atoms with Gasteiger partial charge in [-0.2, -0.15) is 0 Å². The van der Waals surface area contributed by atoms with Crippen molar-refractivity contribution >= 4 is 23.2 Å². The monoisotopic (exact) mass is 293 g/mol. The second-order valence-electron chi connectivity index (χ2n) is 5.75. The van der Waals surface area contributed by atoms with Gasteiger partial charge in [0.05, 0.1) is 6.54 Å². The molecule has 0 radical (unpaired) electrons. The topological polar surface area (TPSA) is 36.4 Å². The van der Waals surface area contributed by atoms with E-state index in [1.165, 1.54) is 25.7 Å². The molecule has 2 aliphatic rings. The number of nitrogens with zero attached hydrogens (tertiary/aromatic N) is 3. The van der Waals surface area contributed by atoms with Crippen molar-refractivity contribution in [2.45, 2.75) is 25.7 Å². The molecule has 0 unspecified atom stereocenters. The molecule has 20 heavy (non-hydrogen) atoms. The lowest BCUT2D eigenvalue weighted by molar-refractivity contribution is -0.131. The fourth-order valence-corrected chi connectivity index (χ4v) is 3.38. The van der Waals surface area contributed by atoms with Crippen molar-refractivity contribution < 1.29 is 4.79 Å². The Bertz CT molecular complexity index is 488. The van der Waals surface area contributed by atoms with Gasteiger partial charge in [-0.15, -0.1) is 0 Å². The van der Waals surface area contributed by atoms with Gasteiger partial charge in [0.25, 0.3) is 0 Å². The summed E-state index contributed by atoms with van der Waals surface area (Å²) in [5.41, 5.74) is 0.985. The van der Waals surface area contributed by atoms with Crippen molar-refractivity contribution in [1.82, 2.24) is 9.88 Å². The highest BCUT2D eigenvalue weighted by molar-refractivity contribution is 6.29. The molecule has 1 aliphatic carbocycles. The van der Waals surface area contributed by atoms with Crippen LogP contribution in [0.5, 0.6) is 0 Å². The van der Waals surface area contributed by atoms with Gasteiger partial charge >= 0.3 is 0 Å². The molecule has 2 heterocycles. The summed E-state index contributed by atoms with van der Waals surface area (Å²) >= 11 is 5.91. The van der Waals surface area contributed by atoms with Crippen LogP contribution in [0.25, 0.3) is 0 Å². The van der Waals surface area contributed by atoms with Gasteiger partial charge in [-0.25, -0.2) is 4.98 Å². The third kappa shape index (κ3) is 3.06. The maximum absolute atomic E-state index is 12.3. The van der Waals surface area contributed by atoms with Gasteiger partial charge in [0.1, 0.15) is 5.15 Å². The van der Waals surface area contributed by atoms with Crippen molar-refractivity contribution in [2.75, 3.05) is 31.1 Å². The van der Waals surface area contributed by atoms with E-state index >= 15 is 0 Å². The molecule has 3 rings (SSSR count). The van der Waals surface area contributed by atoms with Gasteiger partial charge in [-0.3, -0.25) is 4.79 Å². The average Bonchev–Trinajstić information content (AvgIpc) is 2.94. The predicted octanol–water partition coefficient (Wildman–Crippen LogP) is 2.57. The number of carbonyl (C=O) groups excluding carboxylic acids is 1. The van der Waals surface area contributed by atoms with Gasteiger partial charge < -0.3 is 9.80 Å². The number of rotatable bonds is 3. The molecule has 0 spiro atoms. The minimum Gasteiger partial charge on any atom is -0.360 e. The van der Waals surface area contributed by atoms with Crippen LogP contribution in [0, 0.1) is 5.92 Å². The van der Waals surface area contributed by atoms with Crippen LogP contribution in [-0.2, 0) is 4.79 Å². The van der Waals surface area contributed by atoms with Gasteiger partial charge in [0.15, 0.2) is 0 Å². The standard InChI is InChI=1S/C15H20ClN3O/c16-14-9-13(5-6-17-14)18-7-8-19(15(20)11-18)10-12-3-1-2-4-12/h5-6,9,12H,1-4,7-8,10-11H2. The highest BCUT2D eigenvalue weighted by atomic mass is 35.5. The molecule has 0 atom stereocenters. The van der Waals surface area contributed by atoms with E-state index in [4.69, 9.17) is 11.6 Å². The molecule has 2 fully saturated rings. The fourth-order valence-electron chi connectivity index (χ4n) is 3.22. The first kappa shape index (κ1) is 13.7. The number of pyridine rings is 1. The van der Waals surface area contributed by atoms with E-state index in [0.29, 0.717) is 11.7 Å². The summed E-state index contributed by atoms with van der Waals surface area (Å²) in [5, 5.41) is 0.475. The summed E-state index contributed by atoms with van der Waals surface area (Å²) in [6, 6.07) is 3.73. The van der Waals surface area contributed by atoms with Crippen LogP contribution >= 0.6 is 11.6 Å². The van der Waals surface area contributed by atoms with E-state index in [2.05, 4.69) is 9.88 Å². The van der Waals surface area contributed by atoms with E-state index in [1.807, 2.05) is 17.0 Å². The van der Waals surface area contributed by atoms with Crippen LogP contribution in [0.3, 0.4) is 0 Å². The van der Waals surface area contributed by atoms with Crippen molar-refractivity contribution in [2.24, 2.45) is 5.92 Å². The molecule has 5 heteroatoms. The second kappa shape index (κ2) is 6.00. The molecule has 4 nitrogen and oxygen atoms in total. The number of amides is 1. The first-order valence-electron chi connectivity index (χ1n) is 7.36. The van der Waals surface area contributed by atoms with Gasteiger partial charge in [0.2, 0.25) is 5.91 Å². The SMILES string of the molecule is O=C1CN(c2ccnc(Cl)c2)CCN1CC1CCCC1. The molecular formula is C15H20ClN3O. The zero-order valence-corrected chi connectivity index (χ0v) is 12.4.